The van der Waals surface area contributed by atoms with Gasteiger partial charge in [0.25, 0.3) is 5.56 Å². The maximum Gasteiger partial charge on any atom is 0.308 e. The Balaban J connectivity index is 2.72. The van der Waals surface area contributed by atoms with Gasteiger partial charge < -0.3 is 14.5 Å². The van der Waals surface area contributed by atoms with E-state index >= 15 is 0 Å². The van der Waals surface area contributed by atoms with Crippen molar-refractivity contribution >= 4 is 21.9 Å². The lowest BCUT2D eigenvalue weighted by Gasteiger charge is -2.14. The fourth-order valence-corrected chi connectivity index (χ4v) is 2.78. The number of pyridine rings is 1. The second-order valence-electron chi connectivity index (χ2n) is 4.99. The molecular formula is C17H15BrN2O4. The number of carbonyl (C=O) groups excluding carboxylic acids is 1. The Morgan fingerprint density at radius 2 is 2.08 bits per heavy atom. The summed E-state index contributed by atoms with van der Waals surface area (Å²) in [4.78, 5) is 25.9. The van der Waals surface area contributed by atoms with E-state index in [1.807, 2.05) is 6.07 Å². The maximum atomic E-state index is 12.0. The number of hydrogen-bond donors (Lipinski definition) is 1. The highest BCUT2D eigenvalue weighted by atomic mass is 79.9. The van der Waals surface area contributed by atoms with Crippen molar-refractivity contribution in [2.45, 2.75) is 20.8 Å². The molecule has 0 unspecified atom stereocenters. The smallest absolute Gasteiger partial charge is 0.308 e. The van der Waals surface area contributed by atoms with Crippen LogP contribution in [0.1, 0.15) is 25.1 Å². The molecule has 1 aromatic carbocycles. The molecule has 0 spiro atoms. The van der Waals surface area contributed by atoms with Crippen LogP contribution in [0.15, 0.2) is 27.5 Å². The highest BCUT2D eigenvalue weighted by Crippen LogP contribution is 2.40. The van der Waals surface area contributed by atoms with Crippen molar-refractivity contribution in [3.8, 4) is 28.7 Å². The van der Waals surface area contributed by atoms with Crippen molar-refractivity contribution in [2.24, 2.45) is 0 Å². The normalized spacial score (nSPS) is 10.1. The Hall–Kier alpha value is -2.59. The average molecular weight is 391 g/mol. The number of nitrogens with one attached hydrogen (secondary N) is 1. The molecule has 0 saturated carbocycles. The van der Waals surface area contributed by atoms with Crippen LogP contribution in [-0.4, -0.2) is 17.6 Å². The first-order chi connectivity index (χ1) is 11.4. The molecule has 0 bridgehead atoms. The number of H-pyrrole nitrogens is 1. The summed E-state index contributed by atoms with van der Waals surface area (Å²) in [5.74, 6) is 0.126. The zero-order valence-corrected chi connectivity index (χ0v) is 15.0. The lowest BCUT2D eigenvalue weighted by molar-refractivity contribution is -0.132. The predicted molar refractivity (Wildman–Crippen MR) is 92.1 cm³/mol. The number of aryl methyl sites for hydroxylation is 1. The topological polar surface area (TPSA) is 92.2 Å². The Labute approximate surface area is 147 Å². The van der Waals surface area contributed by atoms with Gasteiger partial charge in [0.1, 0.15) is 11.6 Å². The number of nitriles is 1. The van der Waals surface area contributed by atoms with Crippen LogP contribution in [0.5, 0.6) is 11.5 Å². The Kier molecular flexibility index (Phi) is 5.42. The molecule has 0 saturated heterocycles. The van der Waals surface area contributed by atoms with Crippen LogP contribution >= 0.6 is 15.9 Å². The van der Waals surface area contributed by atoms with Gasteiger partial charge in [0, 0.05) is 18.2 Å². The summed E-state index contributed by atoms with van der Waals surface area (Å²) < 4.78 is 11.2. The van der Waals surface area contributed by atoms with Crippen molar-refractivity contribution in [3.05, 3.63) is 44.3 Å². The van der Waals surface area contributed by atoms with E-state index in [4.69, 9.17) is 9.47 Å². The Bertz CT molecular complexity index is 897. The second-order valence-corrected chi connectivity index (χ2v) is 5.85. The average Bonchev–Trinajstić information content (AvgIpc) is 2.49. The third kappa shape index (κ3) is 3.66. The summed E-state index contributed by atoms with van der Waals surface area (Å²) in [7, 11) is 0. The molecule has 0 aliphatic rings. The molecule has 6 nitrogen and oxygen atoms in total. The zero-order valence-electron chi connectivity index (χ0n) is 13.4. The molecule has 1 heterocycles. The standard InChI is InChI=1S/C17H15BrN2O4/c1-4-23-15-7-11(6-14(18)16(15)24-10(3)21)12-5-9(2)20-17(22)13(12)8-19/h5-7H,4H2,1-3H3,(H,20,22). The van der Waals surface area contributed by atoms with Crippen molar-refractivity contribution in [1.82, 2.24) is 4.98 Å². The molecular weight excluding hydrogens is 376 g/mol. The van der Waals surface area contributed by atoms with E-state index in [9.17, 15) is 14.9 Å². The molecule has 2 aromatic rings. The minimum absolute atomic E-state index is 0.00943. The monoisotopic (exact) mass is 390 g/mol. The van der Waals surface area contributed by atoms with Gasteiger partial charge in [-0.3, -0.25) is 9.59 Å². The number of nitrogens with zero attached hydrogens (tertiary/aromatic N) is 1. The Morgan fingerprint density at radius 1 is 1.38 bits per heavy atom. The molecule has 124 valence electrons. The summed E-state index contributed by atoms with van der Waals surface area (Å²) in [5, 5.41) is 9.28. The number of rotatable bonds is 4. The number of carbonyl (C=O) groups is 1. The Morgan fingerprint density at radius 3 is 2.67 bits per heavy atom. The fourth-order valence-electron chi connectivity index (χ4n) is 2.26. The minimum Gasteiger partial charge on any atom is -0.490 e. The number of halogens is 1. The first-order valence-electron chi connectivity index (χ1n) is 7.16. The zero-order chi connectivity index (χ0) is 17.9. The van der Waals surface area contributed by atoms with Gasteiger partial charge in [0.15, 0.2) is 11.5 Å². The summed E-state index contributed by atoms with van der Waals surface area (Å²) in [6.07, 6.45) is 0. The van der Waals surface area contributed by atoms with Gasteiger partial charge in [-0.2, -0.15) is 5.26 Å². The van der Waals surface area contributed by atoms with Gasteiger partial charge in [-0.1, -0.05) is 0 Å². The van der Waals surface area contributed by atoms with Crippen molar-refractivity contribution < 1.29 is 14.3 Å². The van der Waals surface area contributed by atoms with Gasteiger partial charge in [0.2, 0.25) is 0 Å². The number of aromatic nitrogens is 1. The van der Waals surface area contributed by atoms with Crippen LogP contribution in [0.3, 0.4) is 0 Å². The number of aromatic amines is 1. The lowest BCUT2D eigenvalue weighted by Crippen LogP contribution is -2.13. The molecule has 0 fully saturated rings. The number of benzene rings is 1. The van der Waals surface area contributed by atoms with Crippen LogP contribution in [0.25, 0.3) is 11.1 Å². The molecule has 0 radical (unpaired) electrons. The van der Waals surface area contributed by atoms with Crippen LogP contribution in [0.2, 0.25) is 0 Å². The maximum absolute atomic E-state index is 12.0. The van der Waals surface area contributed by atoms with Crippen molar-refractivity contribution in [1.29, 1.82) is 5.26 Å². The second kappa shape index (κ2) is 7.32. The van der Waals surface area contributed by atoms with E-state index in [2.05, 4.69) is 20.9 Å². The highest BCUT2D eigenvalue weighted by Gasteiger charge is 2.18. The molecule has 2 rings (SSSR count). The quantitative estimate of drug-likeness (QED) is 0.638. The van der Waals surface area contributed by atoms with E-state index in [-0.39, 0.29) is 11.3 Å². The summed E-state index contributed by atoms with van der Waals surface area (Å²) >= 11 is 3.35. The van der Waals surface area contributed by atoms with Gasteiger partial charge >= 0.3 is 5.97 Å². The van der Waals surface area contributed by atoms with Gasteiger partial charge in [0.05, 0.1) is 11.1 Å². The first-order valence-corrected chi connectivity index (χ1v) is 7.95. The third-order valence-corrected chi connectivity index (χ3v) is 3.73. The van der Waals surface area contributed by atoms with Gasteiger partial charge in [-0.05, 0) is 53.5 Å². The molecule has 0 atom stereocenters. The fraction of sp³-hybridized carbons (Fsp3) is 0.235. The van der Waals surface area contributed by atoms with Gasteiger partial charge in [-0.15, -0.1) is 0 Å². The molecule has 0 aliphatic heterocycles. The molecule has 0 aliphatic carbocycles. The van der Waals surface area contributed by atoms with Crippen molar-refractivity contribution in [2.75, 3.05) is 6.61 Å². The largest absolute Gasteiger partial charge is 0.490 e. The first kappa shape index (κ1) is 17.8. The molecule has 1 aromatic heterocycles. The van der Waals surface area contributed by atoms with Crippen LogP contribution in [-0.2, 0) is 4.79 Å². The number of hydrogen-bond acceptors (Lipinski definition) is 5. The predicted octanol–water partition coefficient (Wildman–Crippen LogP) is 3.31. The van der Waals surface area contributed by atoms with Gasteiger partial charge in [-0.25, -0.2) is 0 Å². The van der Waals surface area contributed by atoms with E-state index in [0.29, 0.717) is 33.6 Å². The molecule has 24 heavy (non-hydrogen) atoms. The highest BCUT2D eigenvalue weighted by molar-refractivity contribution is 9.10. The summed E-state index contributed by atoms with van der Waals surface area (Å²) in [6.45, 7) is 5.20. The van der Waals surface area contributed by atoms with Crippen LogP contribution in [0.4, 0.5) is 0 Å². The van der Waals surface area contributed by atoms with E-state index in [1.54, 1.807) is 32.0 Å². The van der Waals surface area contributed by atoms with Crippen LogP contribution < -0.4 is 15.0 Å². The van der Waals surface area contributed by atoms with E-state index < -0.39 is 11.5 Å². The van der Waals surface area contributed by atoms with E-state index in [0.717, 1.165) is 0 Å². The lowest BCUT2D eigenvalue weighted by atomic mass is 10.0. The SMILES string of the molecule is CCOc1cc(-c2cc(C)[nH]c(=O)c2C#N)cc(Br)c1OC(C)=O. The van der Waals surface area contributed by atoms with E-state index in [1.165, 1.54) is 6.92 Å². The number of ether oxygens (including phenoxy) is 2. The molecule has 1 N–H and O–H groups in total. The number of esters is 1. The van der Waals surface area contributed by atoms with Crippen molar-refractivity contribution in [3.63, 3.8) is 0 Å². The minimum atomic E-state index is -0.478. The molecule has 0 amide bonds. The summed E-state index contributed by atoms with van der Waals surface area (Å²) in [5.41, 5.74) is 1.27. The summed E-state index contributed by atoms with van der Waals surface area (Å²) in [6, 6.07) is 6.95. The third-order valence-electron chi connectivity index (χ3n) is 3.15. The van der Waals surface area contributed by atoms with Crippen LogP contribution in [0, 0.1) is 18.3 Å². The molecule has 7 heteroatoms.